The van der Waals surface area contributed by atoms with E-state index in [1.807, 2.05) is 6.07 Å². The Labute approximate surface area is 130 Å². The SMILES string of the molecule is CCc1cc2c(=O)n(CCOc3ccc(F)cc3)cnc2s1. The number of thiophene rings is 1. The van der Waals surface area contributed by atoms with Gasteiger partial charge in [0.1, 0.15) is 23.0 Å². The zero-order valence-electron chi connectivity index (χ0n) is 12.1. The smallest absolute Gasteiger partial charge is 0.262 e. The Morgan fingerprint density at radius 2 is 2.09 bits per heavy atom. The van der Waals surface area contributed by atoms with Crippen LogP contribution in [0.2, 0.25) is 0 Å². The molecule has 3 aromatic rings. The Bertz CT molecular complexity index is 839. The Balaban J connectivity index is 1.72. The van der Waals surface area contributed by atoms with Gasteiger partial charge in [-0.2, -0.15) is 0 Å². The molecule has 1 aromatic carbocycles. The van der Waals surface area contributed by atoms with Crippen molar-refractivity contribution in [1.29, 1.82) is 0 Å². The lowest BCUT2D eigenvalue weighted by Gasteiger charge is -2.07. The van der Waals surface area contributed by atoms with Crippen molar-refractivity contribution in [2.24, 2.45) is 0 Å². The van der Waals surface area contributed by atoms with E-state index in [0.717, 1.165) is 16.1 Å². The van der Waals surface area contributed by atoms with E-state index in [4.69, 9.17) is 4.74 Å². The third-order valence-electron chi connectivity index (χ3n) is 3.33. The predicted molar refractivity (Wildman–Crippen MR) is 85.2 cm³/mol. The monoisotopic (exact) mass is 318 g/mol. The van der Waals surface area contributed by atoms with Gasteiger partial charge in [0.15, 0.2) is 0 Å². The normalized spacial score (nSPS) is 11.0. The molecule has 4 nitrogen and oxygen atoms in total. The lowest BCUT2D eigenvalue weighted by atomic mass is 10.3. The van der Waals surface area contributed by atoms with Crippen LogP contribution in [0.4, 0.5) is 4.39 Å². The van der Waals surface area contributed by atoms with Crippen LogP contribution in [-0.2, 0) is 13.0 Å². The fourth-order valence-electron chi connectivity index (χ4n) is 2.14. The van der Waals surface area contributed by atoms with E-state index in [2.05, 4.69) is 11.9 Å². The molecule has 2 aromatic heterocycles. The summed E-state index contributed by atoms with van der Waals surface area (Å²) in [5.41, 5.74) is -0.0522. The number of aromatic nitrogens is 2. The second kappa shape index (κ2) is 6.27. The van der Waals surface area contributed by atoms with E-state index in [9.17, 15) is 9.18 Å². The molecule has 0 fully saturated rings. The number of nitrogens with zero attached hydrogens (tertiary/aromatic N) is 2. The summed E-state index contributed by atoms with van der Waals surface area (Å²) in [6, 6.07) is 7.71. The van der Waals surface area contributed by atoms with E-state index >= 15 is 0 Å². The first-order valence-electron chi connectivity index (χ1n) is 7.03. The van der Waals surface area contributed by atoms with Gasteiger partial charge < -0.3 is 4.74 Å². The van der Waals surface area contributed by atoms with Gasteiger partial charge in [0.25, 0.3) is 5.56 Å². The summed E-state index contributed by atoms with van der Waals surface area (Å²) in [5.74, 6) is 0.273. The molecular weight excluding hydrogens is 303 g/mol. The van der Waals surface area contributed by atoms with E-state index in [1.165, 1.54) is 16.7 Å². The lowest BCUT2D eigenvalue weighted by molar-refractivity contribution is 0.295. The van der Waals surface area contributed by atoms with E-state index in [1.54, 1.807) is 29.8 Å². The summed E-state index contributed by atoms with van der Waals surface area (Å²) in [7, 11) is 0. The maximum atomic E-state index is 12.8. The molecular formula is C16H15FN2O2S. The highest BCUT2D eigenvalue weighted by atomic mass is 32.1. The number of benzene rings is 1. The second-order valence-electron chi connectivity index (χ2n) is 4.83. The Hall–Kier alpha value is -2.21. The summed E-state index contributed by atoms with van der Waals surface area (Å²) in [5, 5.41) is 0.658. The molecule has 0 atom stereocenters. The van der Waals surface area contributed by atoms with Crippen LogP contribution >= 0.6 is 11.3 Å². The second-order valence-corrected chi connectivity index (χ2v) is 5.95. The molecule has 0 aliphatic heterocycles. The van der Waals surface area contributed by atoms with Gasteiger partial charge in [-0.25, -0.2) is 9.37 Å². The number of rotatable bonds is 5. The molecule has 0 aliphatic carbocycles. The fraction of sp³-hybridized carbons (Fsp3) is 0.250. The van der Waals surface area contributed by atoms with Gasteiger partial charge in [-0.15, -0.1) is 11.3 Å². The van der Waals surface area contributed by atoms with Crippen LogP contribution in [0.1, 0.15) is 11.8 Å². The number of hydrogen-bond acceptors (Lipinski definition) is 4. The molecule has 0 N–H and O–H groups in total. The molecule has 0 amide bonds. The van der Waals surface area contributed by atoms with Crippen LogP contribution in [0.15, 0.2) is 41.5 Å². The highest BCUT2D eigenvalue weighted by molar-refractivity contribution is 7.18. The maximum Gasteiger partial charge on any atom is 0.262 e. The highest BCUT2D eigenvalue weighted by Gasteiger charge is 2.08. The van der Waals surface area contributed by atoms with Crippen molar-refractivity contribution in [2.75, 3.05) is 6.61 Å². The fourth-order valence-corrected chi connectivity index (χ4v) is 3.06. The first-order valence-corrected chi connectivity index (χ1v) is 7.85. The molecule has 0 aliphatic rings. The van der Waals surface area contributed by atoms with Crippen LogP contribution in [0.3, 0.4) is 0 Å². The van der Waals surface area contributed by atoms with Crippen molar-refractivity contribution in [3.05, 3.63) is 57.7 Å². The molecule has 0 saturated carbocycles. The number of fused-ring (bicyclic) bond motifs is 1. The molecule has 22 heavy (non-hydrogen) atoms. The molecule has 2 heterocycles. The first-order chi connectivity index (χ1) is 10.7. The zero-order chi connectivity index (χ0) is 15.5. The van der Waals surface area contributed by atoms with Gasteiger partial charge >= 0.3 is 0 Å². The predicted octanol–water partition coefficient (Wildman–Crippen LogP) is 3.24. The van der Waals surface area contributed by atoms with Gasteiger partial charge in [-0.1, -0.05) is 6.92 Å². The summed E-state index contributed by atoms with van der Waals surface area (Å²) >= 11 is 1.55. The summed E-state index contributed by atoms with van der Waals surface area (Å²) in [4.78, 5) is 18.6. The molecule has 114 valence electrons. The highest BCUT2D eigenvalue weighted by Crippen LogP contribution is 2.21. The van der Waals surface area contributed by atoms with Gasteiger partial charge in [-0.3, -0.25) is 9.36 Å². The van der Waals surface area contributed by atoms with Crippen molar-refractivity contribution in [3.8, 4) is 5.75 Å². The number of hydrogen-bond donors (Lipinski definition) is 0. The van der Waals surface area contributed by atoms with Crippen LogP contribution in [0.5, 0.6) is 5.75 Å². The van der Waals surface area contributed by atoms with E-state index < -0.39 is 0 Å². The van der Waals surface area contributed by atoms with Crippen LogP contribution in [0.25, 0.3) is 10.2 Å². The van der Waals surface area contributed by atoms with Crippen LogP contribution in [0, 0.1) is 5.82 Å². The van der Waals surface area contributed by atoms with Gasteiger partial charge in [0, 0.05) is 4.88 Å². The molecule has 3 rings (SSSR count). The topological polar surface area (TPSA) is 44.1 Å². The first kappa shape index (κ1) is 14.7. The van der Waals surface area contributed by atoms with Crippen LogP contribution < -0.4 is 10.3 Å². The number of aryl methyl sites for hydroxylation is 1. The molecule has 0 radical (unpaired) electrons. The molecule has 6 heteroatoms. The minimum Gasteiger partial charge on any atom is -0.492 e. The molecule has 0 saturated heterocycles. The van der Waals surface area contributed by atoms with Gasteiger partial charge in [0.05, 0.1) is 18.3 Å². The van der Waals surface area contributed by atoms with E-state index in [-0.39, 0.29) is 11.4 Å². The van der Waals surface area contributed by atoms with Crippen molar-refractivity contribution in [2.45, 2.75) is 19.9 Å². The number of ether oxygens (including phenoxy) is 1. The minimum absolute atomic E-state index is 0.0522. The standard InChI is InChI=1S/C16H15FN2O2S/c1-2-13-9-14-15(22-13)18-10-19(16(14)20)7-8-21-12-5-3-11(17)4-6-12/h3-6,9-10H,2,7-8H2,1H3. The number of halogens is 1. The van der Waals surface area contributed by atoms with Gasteiger partial charge in [0.2, 0.25) is 0 Å². The molecule has 0 bridgehead atoms. The third-order valence-corrected chi connectivity index (χ3v) is 4.52. The summed E-state index contributed by atoms with van der Waals surface area (Å²) < 4.78 is 19.8. The quantitative estimate of drug-likeness (QED) is 0.725. The van der Waals surface area contributed by atoms with Gasteiger partial charge in [-0.05, 0) is 36.8 Å². The average molecular weight is 318 g/mol. The maximum absolute atomic E-state index is 12.8. The van der Waals surface area contributed by atoms with Crippen molar-refractivity contribution in [1.82, 2.24) is 9.55 Å². The largest absolute Gasteiger partial charge is 0.492 e. The summed E-state index contributed by atoms with van der Waals surface area (Å²) in [6.07, 6.45) is 2.45. The minimum atomic E-state index is -0.303. The third kappa shape index (κ3) is 3.01. The summed E-state index contributed by atoms with van der Waals surface area (Å²) in [6.45, 7) is 2.78. The molecule has 0 unspecified atom stereocenters. The lowest BCUT2D eigenvalue weighted by Crippen LogP contribution is -2.23. The van der Waals surface area contributed by atoms with E-state index in [0.29, 0.717) is 24.3 Å². The van der Waals surface area contributed by atoms with Crippen molar-refractivity contribution >= 4 is 21.6 Å². The van der Waals surface area contributed by atoms with Crippen molar-refractivity contribution < 1.29 is 9.13 Å². The average Bonchev–Trinajstić information content (AvgIpc) is 2.96. The zero-order valence-corrected chi connectivity index (χ0v) is 12.9. The Morgan fingerprint density at radius 1 is 1.32 bits per heavy atom. The van der Waals surface area contributed by atoms with Crippen LogP contribution in [-0.4, -0.2) is 16.2 Å². The Kier molecular flexibility index (Phi) is 4.20. The van der Waals surface area contributed by atoms with Crippen molar-refractivity contribution in [3.63, 3.8) is 0 Å². The molecule has 0 spiro atoms. The Morgan fingerprint density at radius 3 is 2.82 bits per heavy atom.